The van der Waals surface area contributed by atoms with Crippen molar-refractivity contribution in [2.75, 3.05) is 0 Å². The zero-order chi connectivity index (χ0) is 9.52. The van der Waals surface area contributed by atoms with Gasteiger partial charge in [-0.3, -0.25) is 14.9 Å². The standard InChI is InChI=1S/C6H6.C4H3NO2.CH4/c1-2-4-6-5-3-1;6-3-1-2-4(7)5-3;/h1-6H;1-2H,(H,5,6,7);1H4. The third-order valence-electron chi connectivity index (χ3n) is 1.30. The lowest BCUT2D eigenvalue weighted by Gasteiger charge is -1.80. The first-order valence-electron chi connectivity index (χ1n) is 3.82. The summed E-state index contributed by atoms with van der Waals surface area (Å²) in [5.74, 6) is -0.657. The van der Waals surface area contributed by atoms with Crippen molar-refractivity contribution in [3.8, 4) is 0 Å². The van der Waals surface area contributed by atoms with Crippen molar-refractivity contribution in [3.63, 3.8) is 0 Å². The predicted octanol–water partition coefficient (Wildman–Crippen LogP) is 1.52. The maximum Gasteiger partial charge on any atom is 0.250 e. The number of imide groups is 1. The topological polar surface area (TPSA) is 46.2 Å². The number of hydrogen-bond donors (Lipinski definition) is 1. The molecule has 1 heterocycles. The summed E-state index contributed by atoms with van der Waals surface area (Å²) in [6, 6.07) is 12.0. The van der Waals surface area contributed by atoms with Crippen LogP contribution in [0.4, 0.5) is 0 Å². The van der Waals surface area contributed by atoms with E-state index in [0.717, 1.165) is 0 Å². The molecular weight excluding hydrogens is 178 g/mol. The third-order valence-corrected chi connectivity index (χ3v) is 1.30. The highest BCUT2D eigenvalue weighted by Crippen LogP contribution is 1.82. The van der Waals surface area contributed by atoms with Gasteiger partial charge in [0, 0.05) is 12.2 Å². The predicted molar refractivity (Wildman–Crippen MR) is 55.5 cm³/mol. The van der Waals surface area contributed by atoms with E-state index in [0.29, 0.717) is 0 Å². The monoisotopic (exact) mass is 191 g/mol. The number of hydrogen-bond acceptors (Lipinski definition) is 2. The fraction of sp³-hybridized carbons (Fsp3) is 0.0909. The SMILES string of the molecule is C.O=C1C=CC(=O)N1.c1ccccc1. The molecule has 0 atom stereocenters. The van der Waals surface area contributed by atoms with Crippen molar-refractivity contribution >= 4 is 11.8 Å². The Balaban J connectivity index is 0.000000227. The molecule has 0 saturated carbocycles. The summed E-state index contributed by atoms with van der Waals surface area (Å²) in [5.41, 5.74) is 0. The van der Waals surface area contributed by atoms with E-state index in [9.17, 15) is 9.59 Å². The highest BCUT2D eigenvalue weighted by Gasteiger charge is 2.06. The van der Waals surface area contributed by atoms with Crippen LogP contribution in [-0.2, 0) is 9.59 Å². The molecule has 0 saturated heterocycles. The Bertz CT molecular complexity index is 275. The molecule has 14 heavy (non-hydrogen) atoms. The molecule has 0 unspecified atom stereocenters. The molecule has 3 heteroatoms. The summed E-state index contributed by atoms with van der Waals surface area (Å²) < 4.78 is 0. The van der Waals surface area contributed by atoms with Crippen LogP contribution in [0.15, 0.2) is 48.6 Å². The Morgan fingerprint density at radius 1 is 0.714 bits per heavy atom. The summed E-state index contributed by atoms with van der Waals surface area (Å²) in [5, 5.41) is 2.03. The minimum absolute atomic E-state index is 0. The van der Waals surface area contributed by atoms with Gasteiger partial charge in [-0.15, -0.1) is 0 Å². The second-order valence-corrected chi connectivity index (χ2v) is 2.34. The van der Waals surface area contributed by atoms with E-state index in [1.165, 1.54) is 12.2 Å². The van der Waals surface area contributed by atoms with Gasteiger partial charge in [0.25, 0.3) is 11.8 Å². The second kappa shape index (κ2) is 6.60. The number of benzene rings is 1. The normalized spacial score (nSPS) is 12.3. The molecule has 2 amide bonds. The third kappa shape index (κ3) is 4.87. The zero-order valence-corrected chi connectivity index (χ0v) is 6.94. The van der Waals surface area contributed by atoms with E-state index in [2.05, 4.69) is 0 Å². The summed E-state index contributed by atoms with van der Waals surface area (Å²) in [4.78, 5) is 20.1. The van der Waals surface area contributed by atoms with E-state index in [1.54, 1.807) is 0 Å². The lowest BCUT2D eigenvalue weighted by Crippen LogP contribution is -2.19. The minimum Gasteiger partial charge on any atom is -0.289 e. The van der Waals surface area contributed by atoms with Gasteiger partial charge in [-0.1, -0.05) is 43.8 Å². The molecule has 0 bridgehead atoms. The first kappa shape index (κ1) is 12.1. The Hall–Kier alpha value is -1.90. The molecular formula is C11H13NO2. The van der Waals surface area contributed by atoms with Gasteiger partial charge < -0.3 is 0 Å². The Kier molecular flexibility index (Phi) is 5.70. The van der Waals surface area contributed by atoms with Gasteiger partial charge in [-0.2, -0.15) is 0 Å². The average molecular weight is 191 g/mol. The number of nitrogens with one attached hydrogen (secondary N) is 1. The van der Waals surface area contributed by atoms with Crippen molar-refractivity contribution in [2.45, 2.75) is 7.43 Å². The van der Waals surface area contributed by atoms with E-state index < -0.39 is 0 Å². The van der Waals surface area contributed by atoms with Crippen LogP contribution in [0.1, 0.15) is 7.43 Å². The fourth-order valence-corrected chi connectivity index (χ4v) is 0.741. The van der Waals surface area contributed by atoms with Crippen molar-refractivity contribution < 1.29 is 9.59 Å². The lowest BCUT2D eigenvalue weighted by atomic mass is 10.4. The van der Waals surface area contributed by atoms with Crippen molar-refractivity contribution in [3.05, 3.63) is 48.6 Å². The molecule has 1 N–H and O–H groups in total. The van der Waals surface area contributed by atoms with Crippen LogP contribution in [0.25, 0.3) is 0 Å². The van der Waals surface area contributed by atoms with Crippen LogP contribution >= 0.6 is 0 Å². The smallest absolute Gasteiger partial charge is 0.250 e. The van der Waals surface area contributed by atoms with Gasteiger partial charge in [0.1, 0.15) is 0 Å². The quantitative estimate of drug-likeness (QED) is 0.632. The highest BCUT2D eigenvalue weighted by atomic mass is 16.2. The highest BCUT2D eigenvalue weighted by molar-refractivity contribution is 6.12. The number of carbonyl (C=O) groups excluding carboxylic acids is 2. The minimum atomic E-state index is -0.329. The van der Waals surface area contributed by atoms with Crippen LogP contribution in [0.3, 0.4) is 0 Å². The molecule has 0 aliphatic carbocycles. The molecule has 0 spiro atoms. The van der Waals surface area contributed by atoms with Crippen LogP contribution < -0.4 is 5.32 Å². The summed E-state index contributed by atoms with van der Waals surface area (Å²) in [6.07, 6.45) is 2.39. The summed E-state index contributed by atoms with van der Waals surface area (Å²) >= 11 is 0. The molecule has 1 aliphatic rings. The van der Waals surface area contributed by atoms with Gasteiger partial charge in [-0.05, 0) is 0 Å². The van der Waals surface area contributed by atoms with Gasteiger partial charge >= 0.3 is 0 Å². The first-order chi connectivity index (χ1) is 6.29. The molecule has 0 aromatic heterocycles. The Labute approximate surface area is 83.4 Å². The maximum absolute atomic E-state index is 10.0. The maximum atomic E-state index is 10.0. The van der Waals surface area contributed by atoms with Gasteiger partial charge in [0.2, 0.25) is 0 Å². The Morgan fingerprint density at radius 3 is 1.14 bits per heavy atom. The molecule has 0 radical (unpaired) electrons. The average Bonchev–Trinajstić information content (AvgIpc) is 2.54. The molecule has 1 aromatic rings. The number of amides is 2. The largest absolute Gasteiger partial charge is 0.289 e. The van der Waals surface area contributed by atoms with Crippen molar-refractivity contribution in [1.29, 1.82) is 0 Å². The molecule has 3 nitrogen and oxygen atoms in total. The molecule has 0 fully saturated rings. The van der Waals surface area contributed by atoms with E-state index >= 15 is 0 Å². The molecule has 2 rings (SSSR count). The van der Waals surface area contributed by atoms with E-state index in [-0.39, 0.29) is 19.2 Å². The van der Waals surface area contributed by atoms with Crippen LogP contribution in [-0.4, -0.2) is 11.8 Å². The van der Waals surface area contributed by atoms with Crippen molar-refractivity contribution in [1.82, 2.24) is 5.32 Å². The van der Waals surface area contributed by atoms with E-state index in [1.807, 2.05) is 41.7 Å². The molecule has 1 aromatic carbocycles. The fourth-order valence-electron chi connectivity index (χ4n) is 0.741. The van der Waals surface area contributed by atoms with Gasteiger partial charge in [0.15, 0.2) is 0 Å². The van der Waals surface area contributed by atoms with Crippen LogP contribution in [0.5, 0.6) is 0 Å². The molecule has 1 aliphatic heterocycles. The van der Waals surface area contributed by atoms with Gasteiger partial charge in [0.05, 0.1) is 0 Å². The summed E-state index contributed by atoms with van der Waals surface area (Å²) in [6.45, 7) is 0. The number of rotatable bonds is 0. The summed E-state index contributed by atoms with van der Waals surface area (Å²) in [7, 11) is 0. The number of carbonyl (C=O) groups is 2. The van der Waals surface area contributed by atoms with Crippen LogP contribution in [0.2, 0.25) is 0 Å². The van der Waals surface area contributed by atoms with Crippen LogP contribution in [0, 0.1) is 0 Å². The first-order valence-corrected chi connectivity index (χ1v) is 3.82. The molecule has 74 valence electrons. The second-order valence-electron chi connectivity index (χ2n) is 2.34. The zero-order valence-electron chi connectivity index (χ0n) is 6.94. The lowest BCUT2D eigenvalue weighted by molar-refractivity contribution is -0.123. The Morgan fingerprint density at radius 2 is 1.00 bits per heavy atom. The van der Waals surface area contributed by atoms with E-state index in [4.69, 9.17) is 0 Å². The van der Waals surface area contributed by atoms with Gasteiger partial charge in [-0.25, -0.2) is 0 Å². The van der Waals surface area contributed by atoms with Crippen molar-refractivity contribution in [2.24, 2.45) is 0 Å².